The number of hydrogen-bond donors (Lipinski definition) is 2. The first kappa shape index (κ1) is 12.8. The molecular weight excluding hydrogens is 222 g/mol. The highest BCUT2D eigenvalue weighted by Gasteiger charge is 2.07. The number of hydrogen-bond acceptors (Lipinski definition) is 4. The van der Waals surface area contributed by atoms with Crippen LogP contribution in [0.15, 0.2) is 17.3 Å². The molecule has 0 spiro atoms. The van der Waals surface area contributed by atoms with Gasteiger partial charge in [-0.25, -0.2) is 4.98 Å². The molecule has 0 saturated carbocycles. The lowest BCUT2D eigenvalue weighted by Gasteiger charge is -2.04. The van der Waals surface area contributed by atoms with Crippen LogP contribution < -0.4 is 11.5 Å². The predicted octanol–water partition coefficient (Wildman–Crippen LogP) is 2.04. The maximum atomic E-state index is 11.1. The molecule has 0 aromatic carbocycles. The lowest BCUT2D eigenvalue weighted by atomic mass is 10.2. The average Bonchev–Trinajstić information content (AvgIpc) is 2.26. The molecule has 0 saturated heterocycles. The molecule has 0 fully saturated rings. The van der Waals surface area contributed by atoms with Gasteiger partial charge in [-0.05, 0) is 18.2 Å². The molecule has 0 radical (unpaired) electrons. The normalized spacial score (nSPS) is 10.3. The van der Waals surface area contributed by atoms with Crippen LogP contribution in [-0.4, -0.2) is 16.6 Å². The number of carbonyl (C=O) groups is 1. The molecule has 0 bridgehead atoms. The van der Waals surface area contributed by atoms with Gasteiger partial charge in [-0.2, -0.15) is 0 Å². The molecule has 0 aliphatic carbocycles. The van der Waals surface area contributed by atoms with Crippen LogP contribution in [0.4, 0.5) is 5.69 Å². The third-order valence-corrected chi connectivity index (χ3v) is 3.18. The van der Waals surface area contributed by atoms with Crippen molar-refractivity contribution in [1.29, 1.82) is 0 Å². The van der Waals surface area contributed by atoms with Gasteiger partial charge in [-0.3, -0.25) is 4.79 Å². The van der Waals surface area contributed by atoms with Gasteiger partial charge in [0, 0.05) is 0 Å². The fraction of sp³-hybridized carbons (Fsp3) is 0.455. The summed E-state index contributed by atoms with van der Waals surface area (Å²) >= 11 is 1.63. The fourth-order valence-corrected chi connectivity index (χ4v) is 2.15. The van der Waals surface area contributed by atoms with Crippen LogP contribution in [0.1, 0.15) is 36.5 Å². The quantitative estimate of drug-likeness (QED) is 0.588. The van der Waals surface area contributed by atoms with E-state index in [0.717, 1.165) is 17.2 Å². The maximum absolute atomic E-state index is 11.1. The van der Waals surface area contributed by atoms with Crippen molar-refractivity contribution < 1.29 is 4.79 Å². The van der Waals surface area contributed by atoms with Crippen molar-refractivity contribution in [2.24, 2.45) is 5.73 Å². The Morgan fingerprint density at radius 2 is 2.25 bits per heavy atom. The summed E-state index contributed by atoms with van der Waals surface area (Å²) < 4.78 is 0. The van der Waals surface area contributed by atoms with Crippen LogP contribution in [0.25, 0.3) is 0 Å². The van der Waals surface area contributed by atoms with Gasteiger partial charge in [-0.1, -0.05) is 19.8 Å². The molecule has 1 rings (SSSR count). The van der Waals surface area contributed by atoms with E-state index in [1.54, 1.807) is 17.8 Å². The van der Waals surface area contributed by atoms with Crippen molar-refractivity contribution >= 4 is 23.4 Å². The Morgan fingerprint density at radius 3 is 2.88 bits per heavy atom. The third-order valence-electron chi connectivity index (χ3n) is 2.17. The van der Waals surface area contributed by atoms with E-state index in [-0.39, 0.29) is 0 Å². The molecule has 0 aliphatic heterocycles. The summed E-state index contributed by atoms with van der Waals surface area (Å²) in [6.07, 6.45) is 5.05. The molecule has 1 aromatic heterocycles. The number of pyridine rings is 1. The summed E-state index contributed by atoms with van der Waals surface area (Å²) in [5.74, 6) is 0.499. The molecule has 1 heterocycles. The second-order valence-electron chi connectivity index (χ2n) is 3.53. The van der Waals surface area contributed by atoms with Crippen LogP contribution in [0, 0.1) is 0 Å². The van der Waals surface area contributed by atoms with E-state index in [0.29, 0.717) is 11.3 Å². The zero-order valence-corrected chi connectivity index (χ0v) is 10.2. The van der Waals surface area contributed by atoms with Crippen LogP contribution >= 0.6 is 11.8 Å². The third kappa shape index (κ3) is 3.73. The van der Waals surface area contributed by atoms with E-state index in [1.807, 2.05) is 0 Å². The molecule has 5 heteroatoms. The summed E-state index contributed by atoms with van der Waals surface area (Å²) in [5.41, 5.74) is 11.5. The summed E-state index contributed by atoms with van der Waals surface area (Å²) in [5, 5.41) is 0.805. The van der Waals surface area contributed by atoms with Crippen molar-refractivity contribution in [3.8, 4) is 0 Å². The monoisotopic (exact) mass is 239 g/mol. The zero-order chi connectivity index (χ0) is 12.0. The number of anilines is 1. The number of unbranched alkanes of at least 4 members (excludes halogenated alkanes) is 2. The molecule has 0 atom stereocenters. The lowest BCUT2D eigenvalue weighted by molar-refractivity contribution is 0.100. The number of carbonyl (C=O) groups excluding carboxylic acids is 1. The summed E-state index contributed by atoms with van der Waals surface area (Å²) in [4.78, 5) is 15.2. The van der Waals surface area contributed by atoms with Crippen LogP contribution in [0.5, 0.6) is 0 Å². The van der Waals surface area contributed by atoms with Gasteiger partial charge in [0.2, 0.25) is 0 Å². The zero-order valence-electron chi connectivity index (χ0n) is 9.40. The first-order valence-electron chi connectivity index (χ1n) is 5.33. The topological polar surface area (TPSA) is 82.0 Å². The van der Waals surface area contributed by atoms with Crippen molar-refractivity contribution in [2.45, 2.75) is 31.2 Å². The minimum absolute atomic E-state index is 0.338. The number of aromatic nitrogens is 1. The number of nitrogens with zero attached hydrogens (tertiary/aromatic N) is 1. The minimum Gasteiger partial charge on any atom is -0.397 e. The number of primary amides is 1. The first-order chi connectivity index (χ1) is 7.65. The molecular formula is C11H17N3OS. The second-order valence-corrected chi connectivity index (χ2v) is 4.64. The minimum atomic E-state index is -0.504. The highest BCUT2D eigenvalue weighted by Crippen LogP contribution is 2.21. The average molecular weight is 239 g/mol. The van der Waals surface area contributed by atoms with Crippen molar-refractivity contribution in [3.05, 3.63) is 17.8 Å². The maximum Gasteiger partial charge on any atom is 0.250 e. The number of thioether (sulfide) groups is 1. The summed E-state index contributed by atoms with van der Waals surface area (Å²) in [6.45, 7) is 2.16. The Morgan fingerprint density at radius 1 is 1.50 bits per heavy atom. The van der Waals surface area contributed by atoms with Gasteiger partial charge in [0.25, 0.3) is 5.91 Å². The molecule has 16 heavy (non-hydrogen) atoms. The largest absolute Gasteiger partial charge is 0.397 e. The number of nitrogens with two attached hydrogens (primary N) is 2. The standard InChI is InChI=1S/C11H17N3OS/c1-2-3-4-5-16-10-6-8(11(13)15)9(12)7-14-10/h6-7H,2-5,12H2,1H3,(H2,13,15). The Balaban J connectivity index is 2.61. The molecule has 1 amide bonds. The molecule has 88 valence electrons. The predicted molar refractivity (Wildman–Crippen MR) is 67.4 cm³/mol. The van der Waals surface area contributed by atoms with E-state index in [4.69, 9.17) is 11.5 Å². The number of rotatable bonds is 6. The number of amides is 1. The van der Waals surface area contributed by atoms with Gasteiger partial charge in [0.1, 0.15) is 0 Å². The Kier molecular flexibility index (Phi) is 5.11. The van der Waals surface area contributed by atoms with E-state index in [2.05, 4.69) is 11.9 Å². The van der Waals surface area contributed by atoms with E-state index < -0.39 is 5.91 Å². The van der Waals surface area contributed by atoms with Gasteiger partial charge >= 0.3 is 0 Å². The van der Waals surface area contributed by atoms with Gasteiger partial charge < -0.3 is 11.5 Å². The highest BCUT2D eigenvalue weighted by molar-refractivity contribution is 7.99. The van der Waals surface area contributed by atoms with Crippen molar-refractivity contribution in [2.75, 3.05) is 11.5 Å². The second kappa shape index (κ2) is 6.37. The van der Waals surface area contributed by atoms with Gasteiger partial charge in [-0.15, -0.1) is 11.8 Å². The fourth-order valence-electron chi connectivity index (χ4n) is 1.27. The van der Waals surface area contributed by atoms with Crippen LogP contribution in [-0.2, 0) is 0 Å². The van der Waals surface area contributed by atoms with E-state index in [9.17, 15) is 4.79 Å². The van der Waals surface area contributed by atoms with Gasteiger partial charge in [0.05, 0.1) is 22.5 Å². The highest BCUT2D eigenvalue weighted by atomic mass is 32.2. The van der Waals surface area contributed by atoms with Crippen LogP contribution in [0.3, 0.4) is 0 Å². The lowest BCUT2D eigenvalue weighted by Crippen LogP contribution is -2.13. The summed E-state index contributed by atoms with van der Waals surface area (Å²) in [7, 11) is 0. The van der Waals surface area contributed by atoms with Crippen molar-refractivity contribution in [3.63, 3.8) is 0 Å². The SMILES string of the molecule is CCCCCSc1cc(C(N)=O)c(N)cn1. The Labute approximate surface area is 99.8 Å². The van der Waals surface area contributed by atoms with E-state index >= 15 is 0 Å². The molecule has 1 aromatic rings. The molecule has 4 nitrogen and oxygen atoms in total. The van der Waals surface area contributed by atoms with Gasteiger partial charge in [0.15, 0.2) is 0 Å². The summed E-state index contributed by atoms with van der Waals surface area (Å²) in [6, 6.07) is 1.66. The van der Waals surface area contributed by atoms with Crippen LogP contribution in [0.2, 0.25) is 0 Å². The smallest absolute Gasteiger partial charge is 0.250 e. The Bertz CT molecular complexity index is 368. The molecule has 0 aliphatic rings. The molecule has 0 unspecified atom stereocenters. The molecule has 4 N–H and O–H groups in total. The van der Waals surface area contributed by atoms with Crippen molar-refractivity contribution in [1.82, 2.24) is 4.98 Å². The number of nitrogen functional groups attached to an aromatic ring is 1. The van der Waals surface area contributed by atoms with E-state index in [1.165, 1.54) is 19.0 Å². The Hall–Kier alpha value is -1.23. The first-order valence-corrected chi connectivity index (χ1v) is 6.31.